The van der Waals surface area contributed by atoms with Crippen LogP contribution in [0.1, 0.15) is 18.1 Å². The molecule has 3 rings (SSSR count). The Bertz CT molecular complexity index is 838. The molecule has 0 aliphatic carbocycles. The molecule has 1 atom stereocenters. The van der Waals surface area contributed by atoms with Crippen molar-refractivity contribution in [2.24, 2.45) is 4.99 Å². The van der Waals surface area contributed by atoms with Gasteiger partial charge in [-0.2, -0.15) is 0 Å². The van der Waals surface area contributed by atoms with Crippen molar-refractivity contribution in [3.8, 4) is 5.75 Å². The Morgan fingerprint density at radius 2 is 1.87 bits per heavy atom. The minimum absolute atomic E-state index is 0. The van der Waals surface area contributed by atoms with Gasteiger partial charge in [0.15, 0.2) is 5.96 Å². The average Bonchev–Trinajstić information content (AvgIpc) is 2.76. The number of nitrogens with zero attached hydrogens (tertiary/aromatic N) is 4. The second kappa shape index (κ2) is 12.7. The van der Waals surface area contributed by atoms with Crippen molar-refractivity contribution in [3.63, 3.8) is 0 Å². The maximum Gasteiger partial charge on any atom is 0.191 e. The molecule has 1 aliphatic heterocycles. The van der Waals surface area contributed by atoms with Crippen LogP contribution in [0.15, 0.2) is 47.6 Å². The Balaban J connectivity index is 0.00000341. The van der Waals surface area contributed by atoms with E-state index < -0.39 is 0 Å². The molecule has 0 saturated carbocycles. The molecule has 1 fully saturated rings. The van der Waals surface area contributed by atoms with Gasteiger partial charge in [-0.1, -0.05) is 24.3 Å². The van der Waals surface area contributed by atoms with Crippen molar-refractivity contribution in [3.05, 3.63) is 53.7 Å². The minimum atomic E-state index is 0. The molecule has 1 aromatic carbocycles. The van der Waals surface area contributed by atoms with Crippen LogP contribution in [0.25, 0.3) is 0 Å². The first-order valence-corrected chi connectivity index (χ1v) is 10.6. The third-order valence-electron chi connectivity index (χ3n) is 5.32. The third kappa shape index (κ3) is 7.53. The number of hydrogen-bond donors (Lipinski definition) is 2. The van der Waals surface area contributed by atoms with Crippen molar-refractivity contribution < 1.29 is 4.74 Å². The van der Waals surface area contributed by atoms with Gasteiger partial charge in [0.2, 0.25) is 0 Å². The molecule has 0 spiro atoms. The van der Waals surface area contributed by atoms with Crippen molar-refractivity contribution >= 4 is 35.8 Å². The van der Waals surface area contributed by atoms with Crippen LogP contribution in [0.2, 0.25) is 0 Å². The summed E-state index contributed by atoms with van der Waals surface area (Å²) in [5.41, 5.74) is 2.31. The number of hydrogen-bond acceptors (Lipinski definition) is 5. The standard InChI is InChI=1S/C23H34N6O.HI/c1-18-8-5-6-10-21(18)30-19(2)16-26-23(24-3)27-17-20-9-7-11-25-22(20)29-14-12-28(4)13-15-29;/h5-11,19H,12-17H2,1-4H3,(H2,24,26,27);1H. The predicted octanol–water partition coefficient (Wildman–Crippen LogP) is 2.89. The Hall–Kier alpha value is -2.07. The number of pyridine rings is 1. The van der Waals surface area contributed by atoms with Crippen molar-refractivity contribution in [1.29, 1.82) is 0 Å². The summed E-state index contributed by atoms with van der Waals surface area (Å²) in [4.78, 5) is 13.7. The molecule has 2 aromatic rings. The molecule has 7 nitrogen and oxygen atoms in total. The van der Waals surface area contributed by atoms with Crippen molar-refractivity contribution in [2.45, 2.75) is 26.5 Å². The molecule has 1 unspecified atom stereocenters. The smallest absolute Gasteiger partial charge is 0.191 e. The molecule has 2 heterocycles. The molecule has 8 heteroatoms. The van der Waals surface area contributed by atoms with Crippen LogP contribution in [-0.2, 0) is 6.54 Å². The van der Waals surface area contributed by atoms with Gasteiger partial charge in [0.25, 0.3) is 0 Å². The molecule has 1 saturated heterocycles. The summed E-state index contributed by atoms with van der Waals surface area (Å²) < 4.78 is 6.04. The Morgan fingerprint density at radius 3 is 2.58 bits per heavy atom. The summed E-state index contributed by atoms with van der Waals surface area (Å²) in [7, 11) is 3.95. The number of likely N-dealkylation sites (N-methyl/N-ethyl adjacent to an activating group) is 1. The van der Waals surface area contributed by atoms with Gasteiger partial charge in [0, 0.05) is 51.5 Å². The molecule has 2 N–H and O–H groups in total. The Labute approximate surface area is 203 Å². The monoisotopic (exact) mass is 538 g/mol. The molecule has 0 bridgehead atoms. The van der Waals surface area contributed by atoms with Gasteiger partial charge < -0.3 is 25.2 Å². The highest BCUT2D eigenvalue weighted by molar-refractivity contribution is 14.0. The van der Waals surface area contributed by atoms with Crippen LogP contribution in [-0.4, -0.2) is 68.8 Å². The number of rotatable bonds is 7. The maximum atomic E-state index is 6.04. The van der Waals surface area contributed by atoms with Gasteiger partial charge >= 0.3 is 0 Å². The lowest BCUT2D eigenvalue weighted by atomic mass is 10.2. The molecular formula is C23H35IN6O. The van der Waals surface area contributed by atoms with Crippen LogP contribution in [0.3, 0.4) is 0 Å². The molecule has 0 radical (unpaired) electrons. The van der Waals surface area contributed by atoms with E-state index in [1.54, 1.807) is 7.05 Å². The van der Waals surface area contributed by atoms with Gasteiger partial charge in [-0.15, -0.1) is 24.0 Å². The largest absolute Gasteiger partial charge is 0.489 e. The summed E-state index contributed by atoms with van der Waals surface area (Å²) in [6.45, 7) is 9.56. The quantitative estimate of drug-likeness (QED) is 0.321. The van der Waals surface area contributed by atoms with Crippen LogP contribution in [0.4, 0.5) is 5.82 Å². The van der Waals surface area contributed by atoms with E-state index in [-0.39, 0.29) is 30.1 Å². The number of aromatic nitrogens is 1. The Morgan fingerprint density at radius 1 is 1.13 bits per heavy atom. The van der Waals surface area contributed by atoms with E-state index in [0.717, 1.165) is 49.3 Å². The summed E-state index contributed by atoms with van der Waals surface area (Å²) in [6, 6.07) is 12.2. The number of nitrogens with one attached hydrogen (secondary N) is 2. The zero-order valence-corrected chi connectivity index (χ0v) is 21.3. The van der Waals surface area contributed by atoms with Crippen LogP contribution >= 0.6 is 24.0 Å². The predicted molar refractivity (Wildman–Crippen MR) is 139 cm³/mol. The number of anilines is 1. The zero-order chi connectivity index (χ0) is 21.3. The van der Waals surface area contributed by atoms with Crippen molar-refractivity contribution in [1.82, 2.24) is 20.5 Å². The number of para-hydroxylation sites is 1. The second-order valence-corrected chi connectivity index (χ2v) is 7.78. The van der Waals surface area contributed by atoms with E-state index in [1.807, 2.05) is 30.5 Å². The molecule has 31 heavy (non-hydrogen) atoms. The van der Waals surface area contributed by atoms with Crippen molar-refractivity contribution in [2.75, 3.05) is 51.7 Å². The fourth-order valence-electron chi connectivity index (χ4n) is 3.46. The van der Waals surface area contributed by atoms with Gasteiger partial charge in [-0.05, 0) is 38.6 Å². The average molecular weight is 538 g/mol. The molecular weight excluding hydrogens is 503 g/mol. The molecule has 1 aromatic heterocycles. The van der Waals surface area contributed by atoms with E-state index in [4.69, 9.17) is 4.74 Å². The SMILES string of the molecule is CN=C(NCc1cccnc1N1CCN(C)CC1)NCC(C)Oc1ccccc1C.I. The molecule has 1 aliphatic rings. The highest BCUT2D eigenvalue weighted by Crippen LogP contribution is 2.19. The van der Waals surface area contributed by atoms with E-state index in [0.29, 0.717) is 13.1 Å². The normalized spacial score (nSPS) is 15.7. The number of aryl methyl sites for hydroxylation is 1. The molecule has 170 valence electrons. The number of ether oxygens (including phenoxy) is 1. The minimum Gasteiger partial charge on any atom is -0.489 e. The van der Waals surface area contributed by atoms with Crippen LogP contribution < -0.4 is 20.3 Å². The topological polar surface area (TPSA) is 65.0 Å². The second-order valence-electron chi connectivity index (χ2n) is 7.78. The summed E-state index contributed by atoms with van der Waals surface area (Å²) in [6.07, 6.45) is 1.89. The highest BCUT2D eigenvalue weighted by atomic mass is 127. The number of halogens is 1. The summed E-state index contributed by atoms with van der Waals surface area (Å²) >= 11 is 0. The first-order chi connectivity index (χ1) is 14.6. The number of benzene rings is 1. The lowest BCUT2D eigenvalue weighted by molar-refractivity contribution is 0.222. The Kier molecular flexibility index (Phi) is 10.3. The molecule has 0 amide bonds. The van der Waals surface area contributed by atoms with Gasteiger partial charge in [-0.3, -0.25) is 4.99 Å². The highest BCUT2D eigenvalue weighted by Gasteiger charge is 2.18. The summed E-state index contributed by atoms with van der Waals surface area (Å²) in [5, 5.41) is 6.77. The van der Waals surface area contributed by atoms with Gasteiger partial charge in [0.05, 0.1) is 6.54 Å². The zero-order valence-electron chi connectivity index (χ0n) is 19.0. The van der Waals surface area contributed by atoms with Gasteiger partial charge in [0.1, 0.15) is 17.7 Å². The van der Waals surface area contributed by atoms with Crippen LogP contribution in [0, 0.1) is 6.92 Å². The lowest BCUT2D eigenvalue weighted by Gasteiger charge is -2.34. The fourth-order valence-corrected chi connectivity index (χ4v) is 3.46. The van der Waals surface area contributed by atoms with E-state index in [1.165, 1.54) is 5.56 Å². The lowest BCUT2D eigenvalue weighted by Crippen LogP contribution is -2.45. The fraction of sp³-hybridized carbons (Fsp3) is 0.478. The first kappa shape index (κ1) is 25.2. The number of guanidine groups is 1. The van der Waals surface area contributed by atoms with Gasteiger partial charge in [-0.25, -0.2) is 4.98 Å². The van der Waals surface area contributed by atoms with E-state index in [2.05, 4.69) is 63.4 Å². The maximum absolute atomic E-state index is 6.04. The third-order valence-corrected chi connectivity index (χ3v) is 5.32. The van der Waals surface area contributed by atoms with E-state index in [9.17, 15) is 0 Å². The van der Waals surface area contributed by atoms with E-state index >= 15 is 0 Å². The summed E-state index contributed by atoms with van der Waals surface area (Å²) in [5.74, 6) is 2.73. The first-order valence-electron chi connectivity index (χ1n) is 10.6. The van der Waals surface area contributed by atoms with Crippen LogP contribution in [0.5, 0.6) is 5.75 Å². The number of aliphatic imine (C=N–C) groups is 1. The number of piperazine rings is 1.